The van der Waals surface area contributed by atoms with Crippen molar-refractivity contribution >= 4 is 18.0 Å². The quantitative estimate of drug-likeness (QED) is 0.368. The van der Waals surface area contributed by atoms with Gasteiger partial charge in [0.1, 0.15) is 0 Å². The third-order valence-corrected chi connectivity index (χ3v) is 0.800. The number of carbonyl (C=O) groups is 2. The summed E-state index contributed by atoms with van der Waals surface area (Å²) in [7, 11) is 0. The first-order chi connectivity index (χ1) is 6.86. The highest BCUT2D eigenvalue weighted by Crippen LogP contribution is 1.95. The topological polar surface area (TPSA) is 176 Å². The fourth-order valence-corrected chi connectivity index (χ4v) is 0.453. The molecule has 8 nitrogen and oxygen atoms in total. The van der Waals surface area contributed by atoms with Crippen LogP contribution in [0.3, 0.4) is 0 Å². The standard InChI is InChI=1S/C6H7N.2CH2O3.H3N/c7-6-4-2-1-3-5-6;2*2-1(3)4;/h1-5H,7H2;2*(H2,2,3,4);1H3. The van der Waals surface area contributed by atoms with E-state index in [1.54, 1.807) is 0 Å². The van der Waals surface area contributed by atoms with E-state index in [2.05, 4.69) is 0 Å². The maximum Gasteiger partial charge on any atom is 0.503 e. The molecule has 0 unspecified atom stereocenters. The number of anilines is 1. The van der Waals surface area contributed by atoms with E-state index in [1.807, 2.05) is 30.3 Å². The number of rotatable bonds is 0. The summed E-state index contributed by atoms with van der Waals surface area (Å²) in [6, 6.07) is 9.49. The van der Waals surface area contributed by atoms with Gasteiger partial charge in [-0.1, -0.05) is 18.2 Å². The maximum absolute atomic E-state index is 8.56. The summed E-state index contributed by atoms with van der Waals surface area (Å²) in [5.41, 5.74) is 6.18. The predicted octanol–water partition coefficient (Wildman–Crippen LogP) is 1.88. The summed E-state index contributed by atoms with van der Waals surface area (Å²) in [4.78, 5) is 17.1. The molecule has 1 aromatic rings. The number of hydrogen-bond donors (Lipinski definition) is 6. The molecule has 1 rings (SSSR count). The Labute approximate surface area is 91.1 Å². The molecule has 1 aromatic carbocycles. The Balaban J connectivity index is -0.000000166. The van der Waals surface area contributed by atoms with Gasteiger partial charge in [0.25, 0.3) is 0 Å². The zero-order valence-corrected chi connectivity index (χ0v) is 8.28. The molecule has 0 aliphatic carbocycles. The second-order valence-electron chi connectivity index (χ2n) is 1.98. The molecule has 0 saturated heterocycles. The Kier molecular flexibility index (Phi) is 15.0. The number of benzene rings is 1. The van der Waals surface area contributed by atoms with E-state index in [1.165, 1.54) is 0 Å². The molecule has 0 radical (unpaired) electrons. The Morgan fingerprint density at radius 3 is 1.25 bits per heavy atom. The lowest BCUT2D eigenvalue weighted by Gasteiger charge is -1.83. The van der Waals surface area contributed by atoms with Crippen molar-refractivity contribution in [3.05, 3.63) is 30.3 Å². The van der Waals surface area contributed by atoms with E-state index in [-0.39, 0.29) is 6.15 Å². The van der Waals surface area contributed by atoms with Gasteiger partial charge in [0.15, 0.2) is 0 Å². The molecule has 0 aliphatic rings. The molecule has 0 heterocycles. The SMILES string of the molecule is N.Nc1ccccc1.O=C(O)O.O=C(O)O. The molecule has 92 valence electrons. The summed E-state index contributed by atoms with van der Waals surface area (Å²) < 4.78 is 0. The summed E-state index contributed by atoms with van der Waals surface area (Å²) in [6.45, 7) is 0. The molecule has 0 aromatic heterocycles. The smallest absolute Gasteiger partial charge is 0.450 e. The highest BCUT2D eigenvalue weighted by molar-refractivity contribution is 5.53. The van der Waals surface area contributed by atoms with Gasteiger partial charge in [-0.15, -0.1) is 0 Å². The number of hydrogen-bond acceptors (Lipinski definition) is 4. The van der Waals surface area contributed by atoms with E-state index in [0.717, 1.165) is 5.69 Å². The van der Waals surface area contributed by atoms with Crippen LogP contribution in [-0.4, -0.2) is 32.7 Å². The van der Waals surface area contributed by atoms with Crippen LogP contribution in [0.1, 0.15) is 0 Å². The first-order valence-corrected chi connectivity index (χ1v) is 3.50. The minimum atomic E-state index is -1.83. The van der Waals surface area contributed by atoms with Crippen LogP contribution in [-0.2, 0) is 0 Å². The largest absolute Gasteiger partial charge is 0.503 e. The summed E-state index contributed by atoms with van der Waals surface area (Å²) >= 11 is 0. The molecule has 0 spiro atoms. The van der Waals surface area contributed by atoms with E-state index in [9.17, 15) is 0 Å². The zero-order valence-electron chi connectivity index (χ0n) is 8.28. The average molecular weight is 234 g/mol. The van der Waals surface area contributed by atoms with Gasteiger partial charge >= 0.3 is 12.3 Å². The van der Waals surface area contributed by atoms with E-state index < -0.39 is 12.3 Å². The van der Waals surface area contributed by atoms with Crippen LogP contribution < -0.4 is 11.9 Å². The molecule has 0 atom stereocenters. The van der Waals surface area contributed by atoms with Gasteiger partial charge in [-0.2, -0.15) is 0 Å². The van der Waals surface area contributed by atoms with Crippen molar-refractivity contribution in [3.63, 3.8) is 0 Å². The number of carboxylic acid groups (broad SMARTS) is 4. The van der Waals surface area contributed by atoms with Crippen LogP contribution in [0.15, 0.2) is 30.3 Å². The molecule has 8 heteroatoms. The van der Waals surface area contributed by atoms with Crippen LogP contribution in [0.4, 0.5) is 15.3 Å². The fraction of sp³-hybridized carbons (Fsp3) is 0. The van der Waals surface area contributed by atoms with Crippen molar-refractivity contribution in [2.45, 2.75) is 0 Å². The molecule has 0 amide bonds. The summed E-state index contributed by atoms with van der Waals surface area (Å²) in [5.74, 6) is 0. The zero-order chi connectivity index (χ0) is 12.3. The van der Waals surface area contributed by atoms with Crippen LogP contribution >= 0.6 is 0 Å². The lowest BCUT2D eigenvalue weighted by molar-refractivity contribution is 0.135. The first-order valence-electron chi connectivity index (χ1n) is 3.50. The number of nitrogen functional groups attached to an aromatic ring is 1. The Morgan fingerprint density at radius 2 is 1.12 bits per heavy atom. The third-order valence-electron chi connectivity index (χ3n) is 0.800. The van der Waals surface area contributed by atoms with E-state index in [4.69, 9.17) is 35.7 Å². The third kappa shape index (κ3) is 41.8. The molecule has 16 heavy (non-hydrogen) atoms. The molecule has 0 aliphatic heterocycles. The van der Waals surface area contributed by atoms with Gasteiger partial charge in [0.2, 0.25) is 0 Å². The normalized spacial score (nSPS) is 6.75. The summed E-state index contributed by atoms with van der Waals surface area (Å²) in [6.07, 6.45) is -3.67. The van der Waals surface area contributed by atoms with Gasteiger partial charge in [-0.25, -0.2) is 9.59 Å². The van der Waals surface area contributed by atoms with Crippen molar-refractivity contribution < 1.29 is 30.0 Å². The van der Waals surface area contributed by atoms with Gasteiger partial charge in [0.05, 0.1) is 0 Å². The Hall–Kier alpha value is -2.48. The minimum Gasteiger partial charge on any atom is -0.450 e. The molecule has 0 bridgehead atoms. The van der Waals surface area contributed by atoms with Gasteiger partial charge in [-0.3, -0.25) is 0 Å². The molecular weight excluding hydrogens is 220 g/mol. The molecule has 0 saturated carbocycles. The first kappa shape index (κ1) is 19.1. The fourth-order valence-electron chi connectivity index (χ4n) is 0.453. The molecular formula is C8H14N2O6. The number of para-hydroxylation sites is 1. The van der Waals surface area contributed by atoms with Crippen LogP contribution in [0.5, 0.6) is 0 Å². The lowest BCUT2D eigenvalue weighted by Crippen LogP contribution is -1.81. The molecule has 0 fully saturated rings. The van der Waals surface area contributed by atoms with Crippen molar-refractivity contribution in [3.8, 4) is 0 Å². The minimum absolute atomic E-state index is 0. The van der Waals surface area contributed by atoms with Crippen molar-refractivity contribution in [1.82, 2.24) is 6.15 Å². The van der Waals surface area contributed by atoms with E-state index in [0.29, 0.717) is 0 Å². The van der Waals surface area contributed by atoms with Gasteiger partial charge < -0.3 is 32.3 Å². The van der Waals surface area contributed by atoms with Crippen molar-refractivity contribution in [2.75, 3.05) is 5.73 Å². The Bertz CT molecular complexity index is 270. The molecule has 9 N–H and O–H groups in total. The van der Waals surface area contributed by atoms with Crippen LogP contribution in [0, 0.1) is 0 Å². The second-order valence-corrected chi connectivity index (χ2v) is 1.98. The lowest BCUT2D eigenvalue weighted by atomic mass is 10.3. The predicted molar refractivity (Wildman–Crippen MR) is 57.2 cm³/mol. The van der Waals surface area contributed by atoms with E-state index >= 15 is 0 Å². The Morgan fingerprint density at radius 1 is 0.875 bits per heavy atom. The summed E-state index contributed by atoms with van der Waals surface area (Å²) in [5, 5.41) is 27.9. The average Bonchev–Trinajstić information content (AvgIpc) is 2.03. The van der Waals surface area contributed by atoms with Crippen molar-refractivity contribution in [1.29, 1.82) is 0 Å². The van der Waals surface area contributed by atoms with Crippen LogP contribution in [0.25, 0.3) is 0 Å². The second kappa shape index (κ2) is 12.5. The number of nitrogens with two attached hydrogens (primary N) is 1. The van der Waals surface area contributed by atoms with Crippen LogP contribution in [0.2, 0.25) is 0 Å². The highest BCUT2D eigenvalue weighted by Gasteiger charge is 1.72. The monoisotopic (exact) mass is 234 g/mol. The van der Waals surface area contributed by atoms with Crippen molar-refractivity contribution in [2.24, 2.45) is 0 Å². The maximum atomic E-state index is 8.56. The van der Waals surface area contributed by atoms with Gasteiger partial charge in [0, 0.05) is 5.69 Å². The van der Waals surface area contributed by atoms with Gasteiger partial charge in [-0.05, 0) is 12.1 Å². The highest BCUT2D eigenvalue weighted by atomic mass is 16.6.